The maximum absolute atomic E-state index is 10.9. The Morgan fingerprint density at radius 1 is 1.42 bits per heavy atom. The molecule has 1 aromatic carbocycles. The lowest BCUT2D eigenvalue weighted by atomic mass is 10.2. The zero-order chi connectivity index (χ0) is 14.4. The van der Waals surface area contributed by atoms with E-state index in [0.717, 1.165) is 6.07 Å². The van der Waals surface area contributed by atoms with Crippen molar-refractivity contribution >= 4 is 22.8 Å². The first kappa shape index (κ1) is 14.3. The number of benzene rings is 1. The van der Waals surface area contributed by atoms with Crippen molar-refractivity contribution < 1.29 is 9.85 Å². The summed E-state index contributed by atoms with van der Waals surface area (Å²) in [4.78, 5) is 20.0. The lowest BCUT2D eigenvalue weighted by Crippen LogP contribution is -2.01. The molecule has 0 fully saturated rings. The molecule has 0 aromatic heterocycles. The lowest BCUT2D eigenvalue weighted by molar-refractivity contribution is -0.393. The third kappa shape index (κ3) is 3.60. The van der Waals surface area contributed by atoms with Crippen molar-refractivity contribution in [3.8, 4) is 0 Å². The van der Waals surface area contributed by atoms with Gasteiger partial charge in [-0.15, -0.1) is 0 Å². The summed E-state index contributed by atoms with van der Waals surface area (Å²) in [5.74, 6) is 0. The minimum Gasteiger partial charge on any atom is -0.271 e. The van der Waals surface area contributed by atoms with Gasteiger partial charge in [0, 0.05) is 6.07 Å². The molecular formula is C11H12N4O4. The number of hydrogen-bond acceptors (Lipinski definition) is 6. The molecule has 0 bridgehead atoms. The van der Waals surface area contributed by atoms with Crippen LogP contribution >= 0.6 is 0 Å². The number of nitro groups is 2. The van der Waals surface area contributed by atoms with Crippen LogP contribution in [0.2, 0.25) is 0 Å². The highest BCUT2D eigenvalue weighted by atomic mass is 16.6. The van der Waals surface area contributed by atoms with Crippen LogP contribution in [0, 0.1) is 20.2 Å². The van der Waals surface area contributed by atoms with E-state index in [1.165, 1.54) is 18.2 Å². The van der Waals surface area contributed by atoms with E-state index in [1.807, 2.05) is 6.92 Å². The fourth-order valence-corrected chi connectivity index (χ4v) is 1.28. The molecule has 0 atom stereocenters. The van der Waals surface area contributed by atoms with Crippen LogP contribution in [0.3, 0.4) is 0 Å². The van der Waals surface area contributed by atoms with Crippen LogP contribution in [0.15, 0.2) is 36.0 Å². The van der Waals surface area contributed by atoms with Crippen molar-refractivity contribution in [3.63, 3.8) is 0 Å². The molecule has 0 saturated heterocycles. The molecule has 100 valence electrons. The van der Waals surface area contributed by atoms with Crippen molar-refractivity contribution in [2.45, 2.75) is 13.3 Å². The quantitative estimate of drug-likeness (QED) is 0.482. The molecule has 0 aliphatic carbocycles. The number of nitrogens with one attached hydrogen (secondary N) is 1. The van der Waals surface area contributed by atoms with Gasteiger partial charge in [-0.2, -0.15) is 5.10 Å². The second-order valence-corrected chi connectivity index (χ2v) is 3.49. The SMILES string of the molecule is C=CC(CC)=NNc1ccc([N+](=O)[O-])cc1[N+](=O)[O-]. The average Bonchev–Trinajstić information content (AvgIpc) is 2.39. The van der Waals surface area contributed by atoms with Crippen LogP contribution in [-0.4, -0.2) is 15.6 Å². The van der Waals surface area contributed by atoms with Gasteiger partial charge in [0.1, 0.15) is 5.69 Å². The highest BCUT2D eigenvalue weighted by Crippen LogP contribution is 2.28. The van der Waals surface area contributed by atoms with E-state index in [1.54, 1.807) is 0 Å². The van der Waals surface area contributed by atoms with E-state index in [2.05, 4.69) is 17.1 Å². The van der Waals surface area contributed by atoms with Crippen LogP contribution in [0.5, 0.6) is 0 Å². The van der Waals surface area contributed by atoms with Gasteiger partial charge >= 0.3 is 5.69 Å². The molecule has 8 nitrogen and oxygen atoms in total. The number of hydrogen-bond donors (Lipinski definition) is 1. The molecule has 0 aliphatic heterocycles. The first-order valence-electron chi connectivity index (χ1n) is 5.37. The lowest BCUT2D eigenvalue weighted by Gasteiger charge is -2.03. The molecule has 1 aromatic rings. The predicted octanol–water partition coefficient (Wildman–Crippen LogP) is 2.87. The normalized spacial score (nSPS) is 10.9. The zero-order valence-corrected chi connectivity index (χ0v) is 10.2. The van der Waals surface area contributed by atoms with Crippen molar-refractivity contribution in [2.75, 3.05) is 5.43 Å². The number of nitro benzene ring substituents is 2. The summed E-state index contributed by atoms with van der Waals surface area (Å²) in [6.45, 7) is 5.40. The molecule has 1 rings (SSSR count). The fourth-order valence-electron chi connectivity index (χ4n) is 1.28. The van der Waals surface area contributed by atoms with Crippen LogP contribution in [-0.2, 0) is 0 Å². The standard InChI is InChI=1S/C11H12N4O4/c1-3-8(4-2)12-13-10-6-5-9(14(16)17)7-11(10)15(18)19/h3,5-7,13H,1,4H2,2H3. The first-order chi connectivity index (χ1) is 8.99. The Hall–Kier alpha value is -2.77. The molecule has 19 heavy (non-hydrogen) atoms. The van der Waals surface area contributed by atoms with Gasteiger partial charge < -0.3 is 0 Å². The number of non-ortho nitro benzene ring substituents is 1. The highest BCUT2D eigenvalue weighted by Gasteiger charge is 2.19. The molecule has 0 radical (unpaired) electrons. The molecular weight excluding hydrogens is 252 g/mol. The Morgan fingerprint density at radius 3 is 2.58 bits per heavy atom. The Kier molecular flexibility index (Phi) is 4.69. The zero-order valence-electron chi connectivity index (χ0n) is 10.2. The number of allylic oxidation sites excluding steroid dienone is 1. The van der Waals surface area contributed by atoms with Gasteiger partial charge in [0.25, 0.3) is 5.69 Å². The summed E-state index contributed by atoms with van der Waals surface area (Å²) >= 11 is 0. The smallest absolute Gasteiger partial charge is 0.271 e. The summed E-state index contributed by atoms with van der Waals surface area (Å²) in [6, 6.07) is 3.30. The molecule has 0 saturated carbocycles. The van der Waals surface area contributed by atoms with E-state index in [0.29, 0.717) is 12.1 Å². The van der Waals surface area contributed by atoms with Crippen molar-refractivity contribution in [2.24, 2.45) is 5.10 Å². The van der Waals surface area contributed by atoms with Gasteiger partial charge in [-0.25, -0.2) is 0 Å². The highest BCUT2D eigenvalue weighted by molar-refractivity contribution is 5.94. The second-order valence-electron chi connectivity index (χ2n) is 3.49. The Labute approximate surface area is 108 Å². The number of rotatable bonds is 6. The monoisotopic (exact) mass is 264 g/mol. The van der Waals surface area contributed by atoms with Gasteiger partial charge in [-0.1, -0.05) is 13.5 Å². The second kappa shape index (κ2) is 6.24. The Bertz CT molecular complexity index is 554. The van der Waals surface area contributed by atoms with E-state index in [4.69, 9.17) is 0 Å². The Balaban J connectivity index is 3.14. The third-order valence-electron chi connectivity index (χ3n) is 2.31. The number of nitrogens with zero attached hydrogens (tertiary/aromatic N) is 3. The van der Waals surface area contributed by atoms with Gasteiger partial charge in [0.2, 0.25) is 0 Å². The summed E-state index contributed by atoms with van der Waals surface area (Å²) in [5, 5.41) is 25.3. The molecule has 0 unspecified atom stereocenters. The van der Waals surface area contributed by atoms with E-state index < -0.39 is 15.5 Å². The van der Waals surface area contributed by atoms with E-state index in [9.17, 15) is 20.2 Å². The van der Waals surface area contributed by atoms with Crippen LogP contribution in [0.25, 0.3) is 0 Å². The molecule has 0 spiro atoms. The molecule has 1 N–H and O–H groups in total. The summed E-state index contributed by atoms with van der Waals surface area (Å²) in [5.41, 5.74) is 2.47. The Morgan fingerprint density at radius 2 is 2.11 bits per heavy atom. The van der Waals surface area contributed by atoms with Gasteiger partial charge in [0.15, 0.2) is 0 Å². The minimum absolute atomic E-state index is 0.0865. The summed E-state index contributed by atoms with van der Waals surface area (Å²) in [7, 11) is 0. The summed E-state index contributed by atoms with van der Waals surface area (Å²) < 4.78 is 0. The van der Waals surface area contributed by atoms with E-state index >= 15 is 0 Å². The van der Waals surface area contributed by atoms with Gasteiger partial charge in [-0.05, 0) is 18.6 Å². The maximum Gasteiger partial charge on any atom is 0.301 e. The molecule has 8 heteroatoms. The van der Waals surface area contributed by atoms with Crippen molar-refractivity contribution in [1.82, 2.24) is 0 Å². The first-order valence-corrected chi connectivity index (χ1v) is 5.37. The van der Waals surface area contributed by atoms with Crippen molar-refractivity contribution in [3.05, 3.63) is 51.1 Å². The van der Waals surface area contributed by atoms with Gasteiger partial charge in [0.05, 0.1) is 21.6 Å². The largest absolute Gasteiger partial charge is 0.301 e. The third-order valence-corrected chi connectivity index (χ3v) is 2.31. The predicted molar refractivity (Wildman–Crippen MR) is 71.3 cm³/mol. The topological polar surface area (TPSA) is 111 Å². The average molecular weight is 264 g/mol. The van der Waals surface area contributed by atoms with Crippen molar-refractivity contribution in [1.29, 1.82) is 0 Å². The molecule has 0 heterocycles. The summed E-state index contributed by atoms with van der Waals surface area (Å²) in [6.07, 6.45) is 2.13. The molecule has 0 amide bonds. The fraction of sp³-hybridized carbons (Fsp3) is 0.182. The van der Waals surface area contributed by atoms with E-state index in [-0.39, 0.29) is 11.4 Å². The van der Waals surface area contributed by atoms with Crippen LogP contribution in [0.4, 0.5) is 17.1 Å². The van der Waals surface area contributed by atoms with Crippen LogP contribution in [0.1, 0.15) is 13.3 Å². The maximum atomic E-state index is 10.9. The number of anilines is 1. The minimum atomic E-state index is -0.704. The van der Waals surface area contributed by atoms with Crippen LogP contribution < -0.4 is 5.43 Å². The van der Waals surface area contributed by atoms with Gasteiger partial charge in [-0.3, -0.25) is 25.7 Å². The molecule has 0 aliphatic rings. The number of hydrazone groups is 1.